The number of nitrogens with one attached hydrogen (secondary N) is 1. The molecule has 1 N–H and O–H groups in total. The van der Waals surface area contributed by atoms with Gasteiger partial charge in [-0.2, -0.15) is 0 Å². The van der Waals surface area contributed by atoms with E-state index in [1.165, 1.54) is 32.2 Å². The van der Waals surface area contributed by atoms with Gasteiger partial charge in [0.25, 0.3) is 0 Å². The Hall–Kier alpha value is -0.0400. The van der Waals surface area contributed by atoms with Gasteiger partial charge in [-0.25, -0.2) is 0 Å². The zero-order valence-electron chi connectivity index (χ0n) is 8.77. The topological polar surface area (TPSA) is 12.0 Å². The molecule has 0 aliphatic heterocycles. The average molecular weight is 169 g/mol. The van der Waals surface area contributed by atoms with Gasteiger partial charge < -0.3 is 5.32 Å². The lowest BCUT2D eigenvalue weighted by atomic mass is 9.99. The lowest BCUT2D eigenvalue weighted by Gasteiger charge is -2.21. The van der Waals surface area contributed by atoms with E-state index in [1.807, 2.05) is 0 Å². The van der Waals surface area contributed by atoms with E-state index in [4.69, 9.17) is 0 Å². The van der Waals surface area contributed by atoms with Gasteiger partial charge in [0.2, 0.25) is 0 Å². The van der Waals surface area contributed by atoms with Crippen LogP contribution in [0.4, 0.5) is 0 Å². The van der Waals surface area contributed by atoms with Gasteiger partial charge in [0.15, 0.2) is 0 Å². The minimum Gasteiger partial charge on any atom is -0.314 e. The normalized spacial score (nSPS) is 22.0. The molecule has 1 rings (SSSR count). The maximum Gasteiger partial charge on any atom is 0.00671 e. The van der Waals surface area contributed by atoms with E-state index in [-0.39, 0.29) is 0 Å². The monoisotopic (exact) mass is 169 g/mol. The SMILES string of the molecule is CC(C)CN[C@H](C)C1CCCC1. The molecule has 1 saturated carbocycles. The Kier molecular flexibility index (Phi) is 4.07. The third kappa shape index (κ3) is 3.14. The maximum absolute atomic E-state index is 3.62. The van der Waals surface area contributed by atoms with Crippen LogP contribution in [0.25, 0.3) is 0 Å². The second-order valence-corrected chi connectivity index (χ2v) is 4.64. The first-order valence-corrected chi connectivity index (χ1v) is 5.43. The second kappa shape index (κ2) is 4.86. The van der Waals surface area contributed by atoms with Crippen LogP contribution in [-0.4, -0.2) is 12.6 Å². The Morgan fingerprint density at radius 2 is 1.75 bits per heavy atom. The van der Waals surface area contributed by atoms with E-state index in [0.717, 1.165) is 17.9 Å². The molecule has 1 nitrogen and oxygen atoms in total. The van der Waals surface area contributed by atoms with Crippen LogP contribution < -0.4 is 5.32 Å². The molecule has 0 heterocycles. The predicted octanol–water partition coefficient (Wildman–Crippen LogP) is 2.81. The molecule has 0 spiro atoms. The zero-order chi connectivity index (χ0) is 8.97. The highest BCUT2D eigenvalue weighted by Gasteiger charge is 2.20. The van der Waals surface area contributed by atoms with Crippen molar-refractivity contribution >= 4 is 0 Å². The largest absolute Gasteiger partial charge is 0.314 e. The summed E-state index contributed by atoms with van der Waals surface area (Å²) in [5.74, 6) is 1.75. The molecule has 0 radical (unpaired) electrons. The van der Waals surface area contributed by atoms with Gasteiger partial charge in [-0.05, 0) is 38.1 Å². The van der Waals surface area contributed by atoms with Crippen LogP contribution in [0.15, 0.2) is 0 Å². The molecule has 0 bridgehead atoms. The molecule has 0 saturated heterocycles. The van der Waals surface area contributed by atoms with Gasteiger partial charge in [0.1, 0.15) is 0 Å². The molecule has 1 aliphatic carbocycles. The lowest BCUT2D eigenvalue weighted by Crippen LogP contribution is -2.34. The van der Waals surface area contributed by atoms with Crippen molar-refractivity contribution in [2.45, 2.75) is 52.5 Å². The van der Waals surface area contributed by atoms with E-state index >= 15 is 0 Å². The summed E-state index contributed by atoms with van der Waals surface area (Å²) in [5, 5.41) is 3.62. The summed E-state index contributed by atoms with van der Waals surface area (Å²) >= 11 is 0. The maximum atomic E-state index is 3.62. The molecular formula is C11H23N. The molecule has 1 aliphatic rings. The first kappa shape index (κ1) is 10.0. The molecule has 0 aromatic carbocycles. The van der Waals surface area contributed by atoms with Crippen molar-refractivity contribution < 1.29 is 0 Å². The molecule has 12 heavy (non-hydrogen) atoms. The molecule has 1 fully saturated rings. The fourth-order valence-corrected chi connectivity index (χ4v) is 2.05. The Morgan fingerprint density at radius 3 is 2.25 bits per heavy atom. The Balaban J connectivity index is 2.13. The quantitative estimate of drug-likeness (QED) is 0.682. The summed E-state index contributed by atoms with van der Waals surface area (Å²) in [6, 6.07) is 0.745. The van der Waals surface area contributed by atoms with E-state index in [2.05, 4.69) is 26.1 Å². The molecule has 0 amide bonds. The molecular weight excluding hydrogens is 146 g/mol. The first-order valence-electron chi connectivity index (χ1n) is 5.43. The molecule has 72 valence electrons. The number of hydrogen-bond donors (Lipinski definition) is 1. The third-order valence-corrected chi connectivity index (χ3v) is 2.96. The van der Waals surface area contributed by atoms with Crippen LogP contribution >= 0.6 is 0 Å². The Labute approximate surface area is 76.9 Å². The van der Waals surface area contributed by atoms with E-state index in [1.54, 1.807) is 0 Å². The smallest absolute Gasteiger partial charge is 0.00671 e. The van der Waals surface area contributed by atoms with Gasteiger partial charge in [-0.1, -0.05) is 26.7 Å². The minimum absolute atomic E-state index is 0.745. The van der Waals surface area contributed by atoms with Crippen LogP contribution in [0.2, 0.25) is 0 Å². The predicted molar refractivity (Wildman–Crippen MR) is 54.3 cm³/mol. The standard InChI is InChI=1S/C11H23N/c1-9(2)8-12-10(3)11-6-4-5-7-11/h9-12H,4-8H2,1-3H3/t10-/m1/s1. The van der Waals surface area contributed by atoms with Crippen molar-refractivity contribution in [2.75, 3.05) is 6.54 Å². The fourth-order valence-electron chi connectivity index (χ4n) is 2.05. The summed E-state index contributed by atoms with van der Waals surface area (Å²) in [6.07, 6.45) is 5.81. The van der Waals surface area contributed by atoms with Crippen LogP contribution in [0, 0.1) is 11.8 Å². The highest BCUT2D eigenvalue weighted by molar-refractivity contribution is 4.77. The average Bonchev–Trinajstić information content (AvgIpc) is 2.51. The van der Waals surface area contributed by atoms with E-state index < -0.39 is 0 Å². The van der Waals surface area contributed by atoms with Crippen LogP contribution in [0.3, 0.4) is 0 Å². The van der Waals surface area contributed by atoms with Gasteiger partial charge in [0, 0.05) is 6.04 Å². The summed E-state index contributed by atoms with van der Waals surface area (Å²) in [5.41, 5.74) is 0. The first-order chi connectivity index (χ1) is 5.70. The molecule has 1 heteroatoms. The Morgan fingerprint density at radius 1 is 1.17 bits per heavy atom. The van der Waals surface area contributed by atoms with Crippen molar-refractivity contribution in [1.29, 1.82) is 0 Å². The highest BCUT2D eigenvalue weighted by atomic mass is 14.9. The Bertz CT molecular complexity index is 114. The molecule has 1 atom stereocenters. The van der Waals surface area contributed by atoms with Crippen molar-refractivity contribution in [3.8, 4) is 0 Å². The lowest BCUT2D eigenvalue weighted by molar-refractivity contribution is 0.364. The van der Waals surface area contributed by atoms with Crippen molar-refractivity contribution in [3.63, 3.8) is 0 Å². The van der Waals surface area contributed by atoms with E-state index in [0.29, 0.717) is 0 Å². The van der Waals surface area contributed by atoms with Crippen LogP contribution in [-0.2, 0) is 0 Å². The molecule has 0 aromatic rings. The second-order valence-electron chi connectivity index (χ2n) is 4.64. The van der Waals surface area contributed by atoms with Crippen molar-refractivity contribution in [1.82, 2.24) is 5.32 Å². The van der Waals surface area contributed by atoms with Gasteiger partial charge in [-0.15, -0.1) is 0 Å². The summed E-state index contributed by atoms with van der Waals surface area (Å²) in [6.45, 7) is 8.07. The summed E-state index contributed by atoms with van der Waals surface area (Å²) < 4.78 is 0. The van der Waals surface area contributed by atoms with Gasteiger partial charge >= 0.3 is 0 Å². The summed E-state index contributed by atoms with van der Waals surface area (Å²) in [4.78, 5) is 0. The van der Waals surface area contributed by atoms with Crippen LogP contribution in [0.1, 0.15) is 46.5 Å². The van der Waals surface area contributed by atoms with Gasteiger partial charge in [-0.3, -0.25) is 0 Å². The molecule has 0 unspecified atom stereocenters. The minimum atomic E-state index is 0.745. The van der Waals surface area contributed by atoms with Crippen LogP contribution in [0.5, 0.6) is 0 Å². The van der Waals surface area contributed by atoms with Gasteiger partial charge in [0.05, 0.1) is 0 Å². The third-order valence-electron chi connectivity index (χ3n) is 2.96. The highest BCUT2D eigenvalue weighted by Crippen LogP contribution is 2.27. The zero-order valence-corrected chi connectivity index (χ0v) is 8.77. The number of hydrogen-bond acceptors (Lipinski definition) is 1. The number of rotatable bonds is 4. The summed E-state index contributed by atoms with van der Waals surface area (Å²) in [7, 11) is 0. The van der Waals surface area contributed by atoms with E-state index in [9.17, 15) is 0 Å². The van der Waals surface area contributed by atoms with Crippen molar-refractivity contribution in [2.24, 2.45) is 11.8 Å². The fraction of sp³-hybridized carbons (Fsp3) is 1.00. The van der Waals surface area contributed by atoms with Crippen molar-refractivity contribution in [3.05, 3.63) is 0 Å². The molecule has 0 aromatic heterocycles.